The predicted molar refractivity (Wildman–Crippen MR) is 61.6 cm³/mol. The molecule has 0 N–H and O–H groups in total. The van der Waals surface area contributed by atoms with E-state index in [0.717, 1.165) is 0 Å². The number of carbonyl (C=O) groups is 1. The molecular weight excluding hydrogens is 200 g/mol. The Kier molecular flexibility index (Phi) is 5.40. The monoisotopic (exact) mass is 218 g/mol. The maximum absolute atomic E-state index is 11.5. The molecule has 13 heavy (non-hydrogen) atoms. The van der Waals surface area contributed by atoms with Crippen molar-refractivity contribution in [2.24, 2.45) is 0 Å². The SMILES string of the molecule is C=C[Si](C)(C)C(SC)C(=O)OCC. The van der Waals surface area contributed by atoms with Crippen LogP contribution in [-0.2, 0) is 9.53 Å². The average Bonchev–Trinajstić information content (AvgIpc) is 2.05. The van der Waals surface area contributed by atoms with Crippen LogP contribution < -0.4 is 0 Å². The van der Waals surface area contributed by atoms with Crippen LogP contribution in [-0.4, -0.2) is 31.8 Å². The van der Waals surface area contributed by atoms with Gasteiger partial charge in [-0.2, -0.15) is 11.8 Å². The summed E-state index contributed by atoms with van der Waals surface area (Å²) in [5, 5.41) is 0. The molecule has 0 spiro atoms. The van der Waals surface area contributed by atoms with E-state index < -0.39 is 8.07 Å². The molecule has 0 heterocycles. The summed E-state index contributed by atoms with van der Waals surface area (Å²) in [5.74, 6) is -0.0911. The molecule has 1 unspecified atom stereocenters. The highest BCUT2D eigenvalue weighted by atomic mass is 32.2. The molecule has 76 valence electrons. The van der Waals surface area contributed by atoms with Crippen molar-refractivity contribution < 1.29 is 9.53 Å². The molecule has 0 aromatic rings. The fraction of sp³-hybridized carbons (Fsp3) is 0.667. The van der Waals surface area contributed by atoms with Gasteiger partial charge in [0.2, 0.25) is 0 Å². The summed E-state index contributed by atoms with van der Waals surface area (Å²) < 4.78 is 5.01. The first-order valence-electron chi connectivity index (χ1n) is 4.32. The lowest BCUT2D eigenvalue weighted by molar-refractivity contribution is -0.140. The van der Waals surface area contributed by atoms with Gasteiger partial charge in [-0.15, -0.1) is 12.3 Å². The number of hydrogen-bond acceptors (Lipinski definition) is 3. The zero-order valence-electron chi connectivity index (χ0n) is 8.79. The van der Waals surface area contributed by atoms with Crippen molar-refractivity contribution >= 4 is 25.8 Å². The summed E-state index contributed by atoms with van der Waals surface area (Å²) in [6, 6.07) is 0. The van der Waals surface area contributed by atoms with Crippen LogP contribution in [0.3, 0.4) is 0 Å². The van der Waals surface area contributed by atoms with Crippen molar-refractivity contribution in [3.05, 3.63) is 12.3 Å². The largest absolute Gasteiger partial charge is 0.465 e. The highest BCUT2D eigenvalue weighted by molar-refractivity contribution is 8.01. The molecule has 0 saturated carbocycles. The Labute approximate surface area is 85.7 Å². The van der Waals surface area contributed by atoms with Gasteiger partial charge >= 0.3 is 5.97 Å². The Bertz CT molecular complexity index is 192. The van der Waals surface area contributed by atoms with Crippen LogP contribution in [0.2, 0.25) is 13.1 Å². The standard InChI is InChI=1S/C9H18O2SSi/c1-6-11-8(10)9(12-3)13(4,5)7-2/h7,9H,2,6H2,1,3-5H3. The van der Waals surface area contributed by atoms with E-state index in [1.165, 1.54) is 0 Å². The number of esters is 1. The second-order valence-corrected chi connectivity index (χ2v) is 9.38. The smallest absolute Gasteiger partial charge is 0.316 e. The average molecular weight is 218 g/mol. The normalized spacial score (nSPS) is 13.5. The van der Waals surface area contributed by atoms with Crippen molar-refractivity contribution in [3.8, 4) is 0 Å². The van der Waals surface area contributed by atoms with Crippen LogP contribution in [0.1, 0.15) is 6.92 Å². The van der Waals surface area contributed by atoms with Crippen molar-refractivity contribution in [1.82, 2.24) is 0 Å². The number of hydrogen-bond donors (Lipinski definition) is 0. The van der Waals surface area contributed by atoms with Crippen molar-refractivity contribution in [2.75, 3.05) is 12.9 Å². The molecule has 0 rings (SSSR count). The highest BCUT2D eigenvalue weighted by Gasteiger charge is 2.35. The van der Waals surface area contributed by atoms with E-state index in [-0.39, 0.29) is 10.8 Å². The first-order valence-corrected chi connectivity index (χ1v) is 8.76. The van der Waals surface area contributed by atoms with Gasteiger partial charge in [-0.3, -0.25) is 4.79 Å². The molecule has 0 aliphatic heterocycles. The lowest BCUT2D eigenvalue weighted by Crippen LogP contribution is -2.43. The molecular formula is C9H18O2SSi. The summed E-state index contributed by atoms with van der Waals surface area (Å²) in [5.41, 5.74) is 1.94. The second kappa shape index (κ2) is 5.50. The minimum Gasteiger partial charge on any atom is -0.465 e. The molecule has 0 aromatic carbocycles. The van der Waals surface area contributed by atoms with Crippen LogP contribution in [0.25, 0.3) is 0 Å². The summed E-state index contributed by atoms with van der Waals surface area (Å²) in [6.07, 6.45) is 1.94. The summed E-state index contributed by atoms with van der Waals surface area (Å²) in [7, 11) is -1.65. The van der Waals surface area contributed by atoms with Gasteiger partial charge in [0.05, 0.1) is 19.6 Å². The van der Waals surface area contributed by atoms with Gasteiger partial charge in [0.25, 0.3) is 0 Å². The maximum Gasteiger partial charge on any atom is 0.316 e. The van der Waals surface area contributed by atoms with Crippen molar-refractivity contribution in [3.63, 3.8) is 0 Å². The van der Waals surface area contributed by atoms with E-state index in [1.807, 2.05) is 18.9 Å². The molecule has 0 bridgehead atoms. The Morgan fingerprint density at radius 1 is 1.69 bits per heavy atom. The number of rotatable bonds is 5. The zero-order valence-corrected chi connectivity index (χ0v) is 10.6. The van der Waals surface area contributed by atoms with Gasteiger partial charge in [-0.05, 0) is 13.2 Å². The van der Waals surface area contributed by atoms with E-state index in [4.69, 9.17) is 4.74 Å². The molecule has 0 saturated heterocycles. The molecule has 0 radical (unpaired) electrons. The van der Waals surface area contributed by atoms with Crippen molar-refractivity contribution in [2.45, 2.75) is 24.9 Å². The topological polar surface area (TPSA) is 26.3 Å². The van der Waals surface area contributed by atoms with Crippen LogP contribution in [0.5, 0.6) is 0 Å². The first-order chi connectivity index (χ1) is 5.99. The van der Waals surface area contributed by atoms with Gasteiger partial charge in [0, 0.05) is 0 Å². The molecule has 0 aliphatic rings. The highest BCUT2D eigenvalue weighted by Crippen LogP contribution is 2.22. The van der Waals surface area contributed by atoms with E-state index in [0.29, 0.717) is 6.61 Å². The van der Waals surface area contributed by atoms with Gasteiger partial charge in [-0.25, -0.2) is 0 Å². The van der Waals surface area contributed by atoms with Crippen LogP contribution in [0.15, 0.2) is 12.3 Å². The van der Waals surface area contributed by atoms with Gasteiger partial charge < -0.3 is 4.74 Å². The molecule has 2 nitrogen and oxygen atoms in total. The van der Waals surface area contributed by atoms with Crippen LogP contribution >= 0.6 is 11.8 Å². The zero-order chi connectivity index (χ0) is 10.5. The summed E-state index contributed by atoms with van der Waals surface area (Å²) in [4.78, 5) is 11.5. The number of thioether (sulfide) groups is 1. The second-order valence-electron chi connectivity index (χ2n) is 3.39. The quantitative estimate of drug-likeness (QED) is 0.523. The minimum atomic E-state index is -1.65. The third-order valence-electron chi connectivity index (χ3n) is 1.94. The Hall–Kier alpha value is -0.223. The first kappa shape index (κ1) is 12.8. The fourth-order valence-corrected chi connectivity index (χ4v) is 4.91. The van der Waals surface area contributed by atoms with E-state index in [2.05, 4.69) is 19.7 Å². The Morgan fingerprint density at radius 3 is 2.54 bits per heavy atom. The molecule has 0 fully saturated rings. The minimum absolute atomic E-state index is 0.0232. The number of ether oxygens (including phenoxy) is 1. The lowest BCUT2D eigenvalue weighted by Gasteiger charge is -2.25. The predicted octanol–water partition coefficient (Wildman–Crippen LogP) is 2.25. The van der Waals surface area contributed by atoms with Crippen LogP contribution in [0, 0.1) is 0 Å². The third-order valence-corrected chi connectivity index (χ3v) is 7.77. The summed E-state index contributed by atoms with van der Waals surface area (Å²) >= 11 is 1.57. The molecule has 0 amide bonds. The lowest BCUT2D eigenvalue weighted by atomic mass is 10.7. The van der Waals surface area contributed by atoms with Gasteiger partial charge in [-0.1, -0.05) is 13.1 Å². The van der Waals surface area contributed by atoms with Crippen LogP contribution in [0.4, 0.5) is 0 Å². The van der Waals surface area contributed by atoms with Gasteiger partial charge in [0.1, 0.15) is 0 Å². The van der Waals surface area contributed by atoms with Gasteiger partial charge in [0.15, 0.2) is 0 Å². The fourth-order valence-electron chi connectivity index (χ4n) is 1.03. The third kappa shape index (κ3) is 3.56. The van der Waals surface area contributed by atoms with E-state index >= 15 is 0 Å². The Morgan fingerprint density at radius 2 is 2.23 bits per heavy atom. The maximum atomic E-state index is 11.5. The molecule has 0 aliphatic carbocycles. The molecule has 1 atom stereocenters. The summed E-state index contributed by atoms with van der Waals surface area (Å²) in [6.45, 7) is 10.3. The Balaban J connectivity index is 4.49. The molecule has 0 aromatic heterocycles. The van der Waals surface area contributed by atoms with E-state index in [1.54, 1.807) is 11.8 Å². The number of carbonyl (C=O) groups excluding carboxylic acids is 1. The van der Waals surface area contributed by atoms with Crippen molar-refractivity contribution in [1.29, 1.82) is 0 Å². The molecule has 4 heteroatoms. The van der Waals surface area contributed by atoms with E-state index in [9.17, 15) is 4.79 Å².